The number of anilines is 1. The maximum Gasteiger partial charge on any atom is 0.256 e. The van der Waals surface area contributed by atoms with Gasteiger partial charge in [0.1, 0.15) is 0 Å². The first-order valence-electron chi connectivity index (χ1n) is 5.98. The number of nitrogens with zero attached hydrogens (tertiary/aromatic N) is 3. The summed E-state index contributed by atoms with van der Waals surface area (Å²) < 4.78 is 1.55. The lowest BCUT2D eigenvalue weighted by Crippen LogP contribution is -2.18. The largest absolute Gasteiger partial charge is 0.399 e. The third-order valence-corrected chi connectivity index (χ3v) is 3.48. The second-order valence-corrected chi connectivity index (χ2v) is 5.01. The molecular weight excluding hydrogens is 272 g/mol. The van der Waals surface area contributed by atoms with E-state index in [4.69, 9.17) is 5.73 Å². The monoisotopic (exact) mass is 284 g/mol. The molecule has 2 aromatic heterocycles. The zero-order valence-corrected chi connectivity index (χ0v) is 11.6. The maximum absolute atomic E-state index is 12.2. The van der Waals surface area contributed by atoms with E-state index in [2.05, 4.69) is 9.97 Å². The topological polar surface area (TPSA) is 73.8 Å². The van der Waals surface area contributed by atoms with Crippen LogP contribution in [0.1, 0.15) is 0 Å². The quantitative estimate of drug-likeness (QED) is 0.443. The summed E-state index contributed by atoms with van der Waals surface area (Å²) in [6, 6.07) is 10.4. The molecule has 0 saturated heterocycles. The van der Waals surface area contributed by atoms with Gasteiger partial charge in [-0.25, -0.2) is 9.97 Å². The number of nitrogens with two attached hydrogens (primary N) is 1. The summed E-state index contributed by atoms with van der Waals surface area (Å²) in [6.45, 7) is 0. The smallest absolute Gasteiger partial charge is 0.256 e. The molecule has 0 spiro atoms. The van der Waals surface area contributed by atoms with E-state index < -0.39 is 0 Å². The van der Waals surface area contributed by atoms with Crippen LogP contribution in [0, 0.1) is 0 Å². The van der Waals surface area contributed by atoms with Crippen LogP contribution in [0.15, 0.2) is 52.5 Å². The van der Waals surface area contributed by atoms with Crippen molar-refractivity contribution in [1.29, 1.82) is 0 Å². The van der Waals surface area contributed by atoms with Crippen LogP contribution >= 0.6 is 11.8 Å². The lowest BCUT2D eigenvalue weighted by atomic mass is 10.2. The van der Waals surface area contributed by atoms with E-state index >= 15 is 0 Å². The van der Waals surface area contributed by atoms with Crippen LogP contribution < -0.4 is 11.3 Å². The van der Waals surface area contributed by atoms with Crippen molar-refractivity contribution in [3.05, 3.63) is 52.9 Å². The minimum atomic E-state index is -0.145. The highest BCUT2D eigenvalue weighted by Crippen LogP contribution is 2.18. The number of rotatable bonds is 2. The van der Waals surface area contributed by atoms with E-state index in [-0.39, 0.29) is 5.56 Å². The summed E-state index contributed by atoms with van der Waals surface area (Å²) in [5.74, 6) is 0. The van der Waals surface area contributed by atoms with Crippen molar-refractivity contribution in [1.82, 2.24) is 14.5 Å². The normalized spacial score (nSPS) is 10.8. The Morgan fingerprint density at radius 3 is 2.85 bits per heavy atom. The van der Waals surface area contributed by atoms with E-state index in [0.29, 0.717) is 22.2 Å². The van der Waals surface area contributed by atoms with E-state index in [0.717, 1.165) is 5.39 Å². The number of fused-ring (bicyclic) bond motifs is 1. The molecule has 0 aliphatic carbocycles. The SMILES string of the molecule is CSc1ncc2ccc(=O)n(-c3cccc(N)c3)c2n1. The molecule has 0 atom stereocenters. The van der Waals surface area contributed by atoms with Gasteiger partial charge in [-0.15, -0.1) is 0 Å². The van der Waals surface area contributed by atoms with Crippen LogP contribution in [-0.4, -0.2) is 20.8 Å². The number of pyridine rings is 1. The van der Waals surface area contributed by atoms with Gasteiger partial charge in [0, 0.05) is 23.3 Å². The average molecular weight is 284 g/mol. The second-order valence-electron chi connectivity index (χ2n) is 4.24. The van der Waals surface area contributed by atoms with Gasteiger partial charge in [-0.1, -0.05) is 17.8 Å². The van der Waals surface area contributed by atoms with Gasteiger partial charge < -0.3 is 5.73 Å². The molecule has 0 saturated carbocycles. The third kappa shape index (κ3) is 2.14. The molecule has 0 fully saturated rings. The van der Waals surface area contributed by atoms with Crippen molar-refractivity contribution in [3.8, 4) is 5.69 Å². The molecule has 2 heterocycles. The van der Waals surface area contributed by atoms with Crippen LogP contribution in [0.4, 0.5) is 5.69 Å². The summed E-state index contributed by atoms with van der Waals surface area (Å²) in [7, 11) is 0. The van der Waals surface area contributed by atoms with Gasteiger partial charge in [0.15, 0.2) is 10.8 Å². The predicted octanol–water partition coefficient (Wildman–Crippen LogP) is 2.08. The molecule has 100 valence electrons. The van der Waals surface area contributed by atoms with Crippen molar-refractivity contribution in [2.45, 2.75) is 5.16 Å². The summed E-state index contributed by atoms with van der Waals surface area (Å²) >= 11 is 1.43. The molecule has 0 aliphatic rings. The van der Waals surface area contributed by atoms with Gasteiger partial charge in [0.05, 0.1) is 5.69 Å². The molecule has 5 nitrogen and oxygen atoms in total. The highest BCUT2D eigenvalue weighted by atomic mass is 32.2. The average Bonchev–Trinajstić information content (AvgIpc) is 2.46. The predicted molar refractivity (Wildman–Crippen MR) is 81.3 cm³/mol. The Morgan fingerprint density at radius 2 is 2.10 bits per heavy atom. The van der Waals surface area contributed by atoms with Crippen molar-refractivity contribution >= 4 is 28.5 Å². The number of nitrogen functional groups attached to an aromatic ring is 1. The molecule has 0 bridgehead atoms. The Labute approximate surface area is 119 Å². The number of hydrogen-bond donors (Lipinski definition) is 1. The fourth-order valence-electron chi connectivity index (χ4n) is 2.01. The minimum absolute atomic E-state index is 0.145. The Bertz CT molecular complexity index is 844. The third-order valence-electron chi connectivity index (χ3n) is 2.92. The van der Waals surface area contributed by atoms with E-state index in [1.165, 1.54) is 17.8 Å². The number of aromatic nitrogens is 3. The molecule has 0 radical (unpaired) electrons. The molecule has 0 aliphatic heterocycles. The second kappa shape index (κ2) is 4.97. The fourth-order valence-corrected chi connectivity index (χ4v) is 2.35. The molecule has 3 aromatic rings. The first-order chi connectivity index (χ1) is 9.69. The van der Waals surface area contributed by atoms with Crippen molar-refractivity contribution in [3.63, 3.8) is 0 Å². The van der Waals surface area contributed by atoms with Crippen LogP contribution in [-0.2, 0) is 0 Å². The van der Waals surface area contributed by atoms with Crippen molar-refractivity contribution in [2.24, 2.45) is 0 Å². The van der Waals surface area contributed by atoms with Gasteiger partial charge in [0.2, 0.25) is 0 Å². The molecule has 0 unspecified atom stereocenters. The number of thioether (sulfide) groups is 1. The molecule has 3 rings (SSSR count). The van der Waals surface area contributed by atoms with Gasteiger partial charge in [0.25, 0.3) is 5.56 Å². The Morgan fingerprint density at radius 1 is 1.25 bits per heavy atom. The minimum Gasteiger partial charge on any atom is -0.399 e. The molecule has 0 amide bonds. The zero-order chi connectivity index (χ0) is 14.1. The van der Waals surface area contributed by atoms with Crippen LogP contribution in [0.2, 0.25) is 0 Å². The van der Waals surface area contributed by atoms with Gasteiger partial charge in [-0.3, -0.25) is 9.36 Å². The zero-order valence-electron chi connectivity index (χ0n) is 10.8. The highest BCUT2D eigenvalue weighted by molar-refractivity contribution is 7.98. The Kier molecular flexibility index (Phi) is 3.15. The summed E-state index contributed by atoms with van der Waals surface area (Å²) in [4.78, 5) is 20.9. The van der Waals surface area contributed by atoms with Crippen LogP contribution in [0.25, 0.3) is 16.7 Å². The highest BCUT2D eigenvalue weighted by Gasteiger charge is 2.08. The molecule has 2 N–H and O–H groups in total. The van der Waals surface area contributed by atoms with Gasteiger partial charge >= 0.3 is 0 Å². The molecule has 6 heteroatoms. The van der Waals surface area contributed by atoms with Crippen LogP contribution in [0.5, 0.6) is 0 Å². The van der Waals surface area contributed by atoms with E-state index in [1.54, 1.807) is 29.0 Å². The van der Waals surface area contributed by atoms with Crippen molar-refractivity contribution in [2.75, 3.05) is 12.0 Å². The summed E-state index contributed by atoms with van der Waals surface area (Å²) in [5.41, 5.74) is 7.54. The Balaban J connectivity index is 2.38. The standard InChI is InChI=1S/C14H12N4OS/c1-20-14-16-8-9-5-6-12(19)18(13(9)17-14)11-4-2-3-10(15)7-11/h2-8H,15H2,1H3. The lowest BCUT2D eigenvalue weighted by Gasteiger charge is -2.10. The van der Waals surface area contributed by atoms with Gasteiger partial charge in [-0.05, 0) is 30.5 Å². The number of benzene rings is 1. The molecule has 1 aromatic carbocycles. The first-order valence-corrected chi connectivity index (χ1v) is 7.20. The summed E-state index contributed by atoms with van der Waals surface area (Å²) in [6.07, 6.45) is 3.61. The molecule has 20 heavy (non-hydrogen) atoms. The van der Waals surface area contributed by atoms with Crippen LogP contribution in [0.3, 0.4) is 0 Å². The Hall–Kier alpha value is -2.34. The lowest BCUT2D eigenvalue weighted by molar-refractivity contribution is 0.938. The number of hydrogen-bond acceptors (Lipinski definition) is 5. The van der Waals surface area contributed by atoms with E-state index in [1.807, 2.05) is 18.4 Å². The van der Waals surface area contributed by atoms with E-state index in [9.17, 15) is 4.79 Å². The summed E-state index contributed by atoms with van der Waals surface area (Å²) in [5, 5.41) is 1.44. The van der Waals surface area contributed by atoms with Crippen molar-refractivity contribution < 1.29 is 0 Å². The molecular formula is C14H12N4OS. The fraction of sp³-hybridized carbons (Fsp3) is 0.0714. The maximum atomic E-state index is 12.2. The first kappa shape index (κ1) is 12.7. The van der Waals surface area contributed by atoms with Gasteiger partial charge in [-0.2, -0.15) is 0 Å².